The maximum absolute atomic E-state index is 9.18. The van der Waals surface area contributed by atoms with Gasteiger partial charge in [-0.05, 0) is 30.9 Å². The molecule has 5 nitrogen and oxygen atoms in total. The van der Waals surface area contributed by atoms with E-state index in [-0.39, 0.29) is 0 Å². The van der Waals surface area contributed by atoms with E-state index in [9.17, 15) is 5.26 Å². The molecule has 0 saturated heterocycles. The fraction of sp³-hybridized carbons (Fsp3) is 0.308. The average Bonchev–Trinajstić information content (AvgIpc) is 2.97. The summed E-state index contributed by atoms with van der Waals surface area (Å²) in [6.45, 7) is 0. The Hall–Kier alpha value is -2.35. The fourth-order valence-electron chi connectivity index (χ4n) is 2.28. The summed E-state index contributed by atoms with van der Waals surface area (Å²) in [6, 6.07) is 4.15. The van der Waals surface area contributed by atoms with Crippen molar-refractivity contribution in [2.24, 2.45) is 7.05 Å². The van der Waals surface area contributed by atoms with E-state index in [0.717, 1.165) is 30.6 Å². The third-order valence-corrected chi connectivity index (χ3v) is 3.14. The molecule has 18 heavy (non-hydrogen) atoms. The molecule has 90 valence electrons. The molecule has 0 fully saturated rings. The molecule has 1 N–H and O–H groups in total. The van der Waals surface area contributed by atoms with Gasteiger partial charge in [0.15, 0.2) is 0 Å². The number of rotatable bonds is 2. The Bertz CT molecular complexity index is 635. The SMILES string of the molecule is Cn1cc(Nc2nc3c(cc2C#N)CCC3)cn1. The smallest absolute Gasteiger partial charge is 0.148 e. The lowest BCUT2D eigenvalue weighted by molar-refractivity contribution is 0.768. The third-order valence-electron chi connectivity index (χ3n) is 3.14. The second-order valence-electron chi connectivity index (χ2n) is 4.48. The van der Waals surface area contributed by atoms with E-state index in [0.29, 0.717) is 11.4 Å². The van der Waals surface area contributed by atoms with E-state index in [4.69, 9.17) is 0 Å². The molecule has 2 heterocycles. The summed E-state index contributed by atoms with van der Waals surface area (Å²) in [5.74, 6) is 0.631. The minimum atomic E-state index is 0.597. The molecule has 0 radical (unpaired) electrons. The van der Waals surface area contributed by atoms with E-state index in [1.54, 1.807) is 10.9 Å². The maximum atomic E-state index is 9.18. The quantitative estimate of drug-likeness (QED) is 0.869. The summed E-state index contributed by atoms with van der Waals surface area (Å²) >= 11 is 0. The molecule has 0 aromatic carbocycles. The molecular weight excluding hydrogens is 226 g/mol. The van der Waals surface area contributed by atoms with Gasteiger partial charge < -0.3 is 5.32 Å². The molecule has 1 aliphatic carbocycles. The van der Waals surface area contributed by atoms with Crippen LogP contribution in [0.1, 0.15) is 23.2 Å². The van der Waals surface area contributed by atoms with Gasteiger partial charge in [0.2, 0.25) is 0 Å². The zero-order valence-electron chi connectivity index (χ0n) is 10.1. The Balaban J connectivity index is 1.98. The zero-order chi connectivity index (χ0) is 12.5. The number of pyridine rings is 1. The van der Waals surface area contributed by atoms with Gasteiger partial charge in [0, 0.05) is 18.9 Å². The van der Waals surface area contributed by atoms with Gasteiger partial charge in [-0.15, -0.1) is 0 Å². The summed E-state index contributed by atoms with van der Waals surface area (Å²) in [5.41, 5.74) is 3.77. The van der Waals surface area contributed by atoms with Crippen molar-refractivity contribution in [1.82, 2.24) is 14.8 Å². The first kappa shape index (κ1) is 10.8. The Labute approximate surface area is 105 Å². The van der Waals surface area contributed by atoms with Crippen molar-refractivity contribution in [3.63, 3.8) is 0 Å². The second-order valence-corrected chi connectivity index (χ2v) is 4.48. The molecule has 0 spiro atoms. The maximum Gasteiger partial charge on any atom is 0.148 e. The van der Waals surface area contributed by atoms with Gasteiger partial charge in [-0.2, -0.15) is 10.4 Å². The van der Waals surface area contributed by atoms with Gasteiger partial charge in [-0.25, -0.2) is 4.98 Å². The number of anilines is 2. The van der Waals surface area contributed by atoms with Crippen molar-refractivity contribution < 1.29 is 0 Å². The molecule has 0 saturated carbocycles. The standard InChI is InChI=1S/C13H13N5/c1-18-8-11(7-15-18)16-13-10(6-14)5-9-3-2-4-12(9)17-13/h5,7-8H,2-4H2,1H3,(H,16,17). The lowest BCUT2D eigenvalue weighted by atomic mass is 10.1. The minimum Gasteiger partial charge on any atom is -0.337 e. The Morgan fingerprint density at radius 1 is 1.44 bits per heavy atom. The van der Waals surface area contributed by atoms with Gasteiger partial charge in [0.05, 0.1) is 17.4 Å². The predicted molar refractivity (Wildman–Crippen MR) is 67.5 cm³/mol. The number of nitrogens with one attached hydrogen (secondary N) is 1. The number of fused-ring (bicyclic) bond motifs is 1. The van der Waals surface area contributed by atoms with Gasteiger partial charge in [-0.3, -0.25) is 4.68 Å². The van der Waals surface area contributed by atoms with Crippen molar-refractivity contribution in [1.29, 1.82) is 5.26 Å². The first-order valence-corrected chi connectivity index (χ1v) is 5.95. The van der Waals surface area contributed by atoms with E-state index in [2.05, 4.69) is 21.5 Å². The molecule has 5 heteroatoms. The van der Waals surface area contributed by atoms with Crippen LogP contribution in [0.3, 0.4) is 0 Å². The molecule has 3 rings (SSSR count). The summed E-state index contributed by atoms with van der Waals surface area (Å²) in [4.78, 5) is 4.56. The number of hydrogen-bond acceptors (Lipinski definition) is 4. The van der Waals surface area contributed by atoms with Crippen LogP contribution in [0.15, 0.2) is 18.5 Å². The van der Waals surface area contributed by atoms with Crippen LogP contribution in [0.5, 0.6) is 0 Å². The summed E-state index contributed by atoms with van der Waals surface area (Å²) in [6.07, 6.45) is 6.74. The summed E-state index contributed by atoms with van der Waals surface area (Å²) < 4.78 is 1.71. The van der Waals surface area contributed by atoms with Crippen LogP contribution < -0.4 is 5.32 Å². The molecule has 0 amide bonds. The van der Waals surface area contributed by atoms with Crippen molar-refractivity contribution in [2.75, 3.05) is 5.32 Å². The van der Waals surface area contributed by atoms with Crippen molar-refractivity contribution in [2.45, 2.75) is 19.3 Å². The molecule has 0 bridgehead atoms. The molecular formula is C13H13N5. The average molecular weight is 239 g/mol. The Morgan fingerprint density at radius 2 is 2.33 bits per heavy atom. The highest BCUT2D eigenvalue weighted by molar-refractivity contribution is 5.63. The van der Waals surface area contributed by atoms with Crippen LogP contribution >= 0.6 is 0 Å². The third kappa shape index (κ3) is 1.82. The first-order chi connectivity index (χ1) is 8.76. The second kappa shape index (κ2) is 4.15. The highest BCUT2D eigenvalue weighted by Gasteiger charge is 2.16. The fourth-order valence-corrected chi connectivity index (χ4v) is 2.28. The number of nitrogens with zero attached hydrogens (tertiary/aromatic N) is 4. The predicted octanol–water partition coefficient (Wildman–Crippen LogP) is 1.92. The topological polar surface area (TPSA) is 66.5 Å². The van der Waals surface area contributed by atoms with E-state index in [1.807, 2.05) is 19.3 Å². The molecule has 2 aromatic heterocycles. The minimum absolute atomic E-state index is 0.597. The van der Waals surface area contributed by atoms with Crippen LogP contribution in [0, 0.1) is 11.3 Å². The lowest BCUT2D eigenvalue weighted by Gasteiger charge is -2.07. The zero-order valence-corrected chi connectivity index (χ0v) is 10.1. The normalized spacial score (nSPS) is 13.1. The van der Waals surface area contributed by atoms with Crippen LogP contribution in [-0.2, 0) is 19.9 Å². The van der Waals surface area contributed by atoms with Gasteiger partial charge >= 0.3 is 0 Å². The van der Waals surface area contributed by atoms with E-state index in [1.165, 1.54) is 5.56 Å². The number of aromatic nitrogens is 3. The van der Waals surface area contributed by atoms with Crippen LogP contribution in [0.2, 0.25) is 0 Å². The summed E-state index contributed by atoms with van der Waals surface area (Å²) in [7, 11) is 1.85. The van der Waals surface area contributed by atoms with Crippen molar-refractivity contribution in [3.8, 4) is 6.07 Å². The highest BCUT2D eigenvalue weighted by atomic mass is 15.3. The molecule has 0 unspecified atom stereocenters. The Morgan fingerprint density at radius 3 is 3.06 bits per heavy atom. The molecule has 0 atom stereocenters. The van der Waals surface area contributed by atoms with Crippen LogP contribution in [-0.4, -0.2) is 14.8 Å². The van der Waals surface area contributed by atoms with Gasteiger partial charge in [0.25, 0.3) is 0 Å². The molecule has 0 aliphatic heterocycles. The highest BCUT2D eigenvalue weighted by Crippen LogP contribution is 2.26. The Kier molecular flexibility index (Phi) is 2.49. The molecule has 1 aliphatic rings. The van der Waals surface area contributed by atoms with E-state index >= 15 is 0 Å². The van der Waals surface area contributed by atoms with E-state index < -0.39 is 0 Å². The summed E-state index contributed by atoms with van der Waals surface area (Å²) in [5, 5.41) is 16.4. The van der Waals surface area contributed by atoms with Crippen molar-refractivity contribution >= 4 is 11.5 Å². The molecule has 2 aromatic rings. The van der Waals surface area contributed by atoms with Crippen molar-refractivity contribution in [3.05, 3.63) is 35.3 Å². The first-order valence-electron chi connectivity index (χ1n) is 5.95. The monoisotopic (exact) mass is 239 g/mol. The van der Waals surface area contributed by atoms with Crippen LogP contribution in [0.4, 0.5) is 11.5 Å². The van der Waals surface area contributed by atoms with Gasteiger partial charge in [-0.1, -0.05) is 0 Å². The van der Waals surface area contributed by atoms with Gasteiger partial charge in [0.1, 0.15) is 11.9 Å². The number of nitriles is 1. The number of hydrogen-bond donors (Lipinski definition) is 1. The van der Waals surface area contributed by atoms with Crippen LogP contribution in [0.25, 0.3) is 0 Å². The largest absolute Gasteiger partial charge is 0.337 e. The number of aryl methyl sites for hydroxylation is 3. The lowest BCUT2D eigenvalue weighted by Crippen LogP contribution is -2.00.